The number of aliphatic hydroxyl groups is 1. The number of carbonyl (C=O) groups is 2. The summed E-state index contributed by atoms with van der Waals surface area (Å²) in [7, 11) is 0. The van der Waals surface area contributed by atoms with Gasteiger partial charge in [-0.15, -0.1) is 0 Å². The summed E-state index contributed by atoms with van der Waals surface area (Å²) in [6, 6.07) is 0. The Balaban J connectivity index is 2.18. The lowest BCUT2D eigenvalue weighted by Gasteiger charge is -2.46. The molecule has 0 radical (unpaired) electrons. The molecule has 0 spiro atoms. The smallest absolute Gasteiger partial charge is 0.329 e. The van der Waals surface area contributed by atoms with Gasteiger partial charge in [-0.1, -0.05) is 6.92 Å². The van der Waals surface area contributed by atoms with Crippen molar-refractivity contribution in [1.82, 2.24) is 4.90 Å². The molecule has 86 valence electrons. The molecule has 15 heavy (non-hydrogen) atoms. The number of ether oxygens (including phenoxy) is 1. The molecule has 1 heterocycles. The van der Waals surface area contributed by atoms with Crippen molar-refractivity contribution in [2.24, 2.45) is 0 Å². The van der Waals surface area contributed by atoms with E-state index in [1.54, 1.807) is 0 Å². The van der Waals surface area contributed by atoms with Gasteiger partial charge in [-0.2, -0.15) is 0 Å². The maximum atomic E-state index is 11.3. The predicted octanol–water partition coefficient (Wildman–Crippen LogP) is -0.929. The monoisotopic (exact) mass is 217 g/mol. The van der Waals surface area contributed by atoms with Crippen LogP contribution in [0.1, 0.15) is 13.3 Å². The van der Waals surface area contributed by atoms with E-state index in [4.69, 9.17) is 5.11 Å². The molecule has 1 amide bonds. The second-order valence-electron chi connectivity index (χ2n) is 3.71. The molecule has 2 N–H and O–H groups in total. The van der Waals surface area contributed by atoms with Gasteiger partial charge in [0.2, 0.25) is 5.91 Å². The molecule has 0 atom stereocenters. The number of β-amino-alcohol motifs (C(OH)–C–C–N with tert-alkyl or cyclic N) is 1. The number of hydrogen-bond acceptors (Lipinski definition) is 4. The second-order valence-corrected chi connectivity index (χ2v) is 3.71. The van der Waals surface area contributed by atoms with Crippen molar-refractivity contribution in [1.29, 1.82) is 0 Å². The Morgan fingerprint density at radius 2 is 2.00 bits per heavy atom. The van der Waals surface area contributed by atoms with Crippen LogP contribution in [0.25, 0.3) is 0 Å². The summed E-state index contributed by atoms with van der Waals surface area (Å²) >= 11 is 0. The van der Waals surface area contributed by atoms with E-state index >= 15 is 0 Å². The molecule has 1 aliphatic heterocycles. The van der Waals surface area contributed by atoms with Crippen LogP contribution in [0.4, 0.5) is 0 Å². The minimum absolute atomic E-state index is 0.244. The van der Waals surface area contributed by atoms with Crippen LogP contribution in [0.15, 0.2) is 0 Å². The van der Waals surface area contributed by atoms with E-state index in [-0.39, 0.29) is 12.5 Å². The lowest BCUT2D eigenvalue weighted by atomic mass is 9.91. The van der Waals surface area contributed by atoms with Gasteiger partial charge in [-0.05, 0) is 6.42 Å². The van der Waals surface area contributed by atoms with Crippen molar-refractivity contribution in [3.63, 3.8) is 0 Å². The van der Waals surface area contributed by atoms with Gasteiger partial charge in [0.1, 0.15) is 13.2 Å². The summed E-state index contributed by atoms with van der Waals surface area (Å²) in [5, 5.41) is 17.9. The summed E-state index contributed by atoms with van der Waals surface area (Å²) in [4.78, 5) is 22.9. The van der Waals surface area contributed by atoms with Crippen LogP contribution in [0.3, 0.4) is 0 Å². The zero-order chi connectivity index (χ0) is 11.5. The maximum Gasteiger partial charge on any atom is 0.329 e. The lowest BCUT2D eigenvalue weighted by molar-refractivity contribution is -0.161. The van der Waals surface area contributed by atoms with Crippen LogP contribution in [0.2, 0.25) is 0 Å². The van der Waals surface area contributed by atoms with Gasteiger partial charge in [0, 0.05) is 0 Å². The quantitative estimate of drug-likeness (QED) is 0.621. The van der Waals surface area contributed by atoms with Crippen molar-refractivity contribution in [3.05, 3.63) is 0 Å². The lowest BCUT2D eigenvalue weighted by Crippen LogP contribution is -2.63. The Morgan fingerprint density at radius 1 is 1.40 bits per heavy atom. The third-order valence-corrected chi connectivity index (χ3v) is 2.43. The molecule has 1 fully saturated rings. The first kappa shape index (κ1) is 11.9. The average molecular weight is 217 g/mol. The molecule has 0 aromatic carbocycles. The van der Waals surface area contributed by atoms with E-state index in [0.717, 1.165) is 0 Å². The summed E-state index contributed by atoms with van der Waals surface area (Å²) in [6.45, 7) is 1.74. The maximum absolute atomic E-state index is 11.3. The number of carboxylic acids is 1. The van der Waals surface area contributed by atoms with Gasteiger partial charge in [0.25, 0.3) is 0 Å². The molecule has 0 unspecified atom stereocenters. The predicted molar refractivity (Wildman–Crippen MR) is 50.3 cm³/mol. The Labute approximate surface area is 87.4 Å². The zero-order valence-electron chi connectivity index (χ0n) is 8.60. The van der Waals surface area contributed by atoms with Crippen LogP contribution in [-0.2, 0) is 14.3 Å². The third-order valence-electron chi connectivity index (χ3n) is 2.43. The van der Waals surface area contributed by atoms with Gasteiger partial charge in [-0.25, -0.2) is 4.79 Å². The Bertz CT molecular complexity index is 259. The first-order chi connectivity index (χ1) is 6.97. The van der Waals surface area contributed by atoms with Gasteiger partial charge in [0.05, 0.1) is 18.7 Å². The standard InChI is InChI=1S/C9H15NO5/c1-2-9(14)5-10(6-9)7(11)3-15-4-8(12)13/h14H,2-6H2,1H3,(H,12,13). The first-order valence-corrected chi connectivity index (χ1v) is 4.76. The summed E-state index contributed by atoms with van der Waals surface area (Å²) < 4.78 is 4.64. The van der Waals surface area contributed by atoms with Gasteiger partial charge >= 0.3 is 5.97 Å². The fourth-order valence-corrected chi connectivity index (χ4v) is 1.38. The van der Waals surface area contributed by atoms with Crippen molar-refractivity contribution in [2.75, 3.05) is 26.3 Å². The van der Waals surface area contributed by atoms with Crippen LogP contribution < -0.4 is 0 Å². The number of likely N-dealkylation sites (tertiary alicyclic amines) is 1. The highest BCUT2D eigenvalue weighted by atomic mass is 16.5. The highest BCUT2D eigenvalue weighted by molar-refractivity contribution is 5.79. The zero-order valence-corrected chi connectivity index (χ0v) is 8.60. The first-order valence-electron chi connectivity index (χ1n) is 4.76. The number of amides is 1. The van der Waals surface area contributed by atoms with Crippen LogP contribution in [-0.4, -0.2) is 58.9 Å². The minimum atomic E-state index is -1.10. The number of carbonyl (C=O) groups excluding carboxylic acids is 1. The topological polar surface area (TPSA) is 87.1 Å². The normalized spacial score (nSPS) is 18.4. The molecule has 0 saturated carbocycles. The van der Waals surface area contributed by atoms with Crippen LogP contribution in [0.5, 0.6) is 0 Å². The van der Waals surface area contributed by atoms with Crippen molar-refractivity contribution >= 4 is 11.9 Å². The van der Waals surface area contributed by atoms with Gasteiger partial charge < -0.3 is 19.8 Å². The largest absolute Gasteiger partial charge is 0.480 e. The Kier molecular flexibility index (Phi) is 3.65. The van der Waals surface area contributed by atoms with Crippen LogP contribution in [0, 0.1) is 0 Å². The highest BCUT2D eigenvalue weighted by Crippen LogP contribution is 2.23. The van der Waals surface area contributed by atoms with Crippen LogP contribution >= 0.6 is 0 Å². The average Bonchev–Trinajstić information content (AvgIpc) is 2.12. The van der Waals surface area contributed by atoms with E-state index in [9.17, 15) is 14.7 Å². The van der Waals surface area contributed by atoms with E-state index in [2.05, 4.69) is 4.74 Å². The summed E-state index contributed by atoms with van der Waals surface area (Å²) in [5.41, 5.74) is -0.761. The molecule has 0 aromatic rings. The number of nitrogens with zero attached hydrogens (tertiary/aromatic N) is 1. The molecule has 0 bridgehead atoms. The molecule has 1 aliphatic rings. The number of aliphatic carboxylic acids is 1. The molecule has 1 rings (SSSR count). The minimum Gasteiger partial charge on any atom is -0.480 e. The SMILES string of the molecule is CCC1(O)CN(C(=O)COCC(=O)O)C1. The third kappa shape index (κ3) is 3.17. The fourth-order valence-electron chi connectivity index (χ4n) is 1.38. The fraction of sp³-hybridized carbons (Fsp3) is 0.778. The van der Waals surface area contributed by atoms with Crippen molar-refractivity contribution < 1.29 is 24.5 Å². The molecule has 1 saturated heterocycles. The van der Waals surface area contributed by atoms with Gasteiger partial charge in [-0.3, -0.25) is 4.79 Å². The number of carboxylic acid groups (broad SMARTS) is 1. The Hall–Kier alpha value is -1.14. The highest BCUT2D eigenvalue weighted by Gasteiger charge is 2.41. The molecule has 0 aliphatic carbocycles. The Morgan fingerprint density at radius 3 is 2.47 bits per heavy atom. The van der Waals surface area contributed by atoms with E-state index in [0.29, 0.717) is 19.5 Å². The van der Waals surface area contributed by atoms with Gasteiger partial charge in [0.15, 0.2) is 0 Å². The molecule has 6 heteroatoms. The summed E-state index contributed by atoms with van der Waals surface area (Å²) in [6.07, 6.45) is 0.604. The van der Waals surface area contributed by atoms with E-state index in [1.165, 1.54) is 4.90 Å². The molecular weight excluding hydrogens is 202 g/mol. The van der Waals surface area contributed by atoms with Crippen molar-refractivity contribution in [2.45, 2.75) is 18.9 Å². The molecular formula is C9H15NO5. The van der Waals surface area contributed by atoms with Crippen molar-refractivity contribution in [3.8, 4) is 0 Å². The second kappa shape index (κ2) is 4.59. The summed E-state index contributed by atoms with van der Waals surface area (Å²) in [5.74, 6) is -1.38. The number of hydrogen-bond donors (Lipinski definition) is 2. The van der Waals surface area contributed by atoms with E-state index in [1.807, 2.05) is 6.92 Å². The molecule has 0 aromatic heterocycles. The van der Waals surface area contributed by atoms with E-state index < -0.39 is 18.2 Å². The number of rotatable bonds is 5. The molecule has 6 nitrogen and oxygen atoms in total.